The number of amides is 1. The van der Waals surface area contributed by atoms with Crippen molar-refractivity contribution in [2.24, 2.45) is 12.2 Å². The Kier molecular flexibility index (Phi) is 6.06. The molecule has 0 spiro atoms. The SMILES string of the molecule is CCNC(=O)c1cc2c(-c3sc(S(N)(=O)=O)cc3Oc3cc(C)cc(C)n3)cn(C)c(=O)c2[nH]1. The molecule has 0 unspecified atom stereocenters. The zero-order valence-corrected chi connectivity index (χ0v) is 20.6. The van der Waals surface area contributed by atoms with Gasteiger partial charge in [0, 0.05) is 48.6 Å². The van der Waals surface area contributed by atoms with Crippen LogP contribution in [0.25, 0.3) is 21.3 Å². The monoisotopic (exact) mass is 501 g/mol. The Morgan fingerprint density at radius 1 is 1.26 bits per heavy atom. The van der Waals surface area contributed by atoms with Crippen LogP contribution < -0.4 is 20.8 Å². The van der Waals surface area contributed by atoms with Crippen LogP contribution in [-0.2, 0) is 17.1 Å². The van der Waals surface area contributed by atoms with E-state index in [0.29, 0.717) is 22.4 Å². The molecule has 0 saturated carbocycles. The van der Waals surface area contributed by atoms with Crippen molar-refractivity contribution in [3.05, 3.63) is 57.8 Å². The summed E-state index contributed by atoms with van der Waals surface area (Å²) in [5.41, 5.74) is 2.25. The highest BCUT2D eigenvalue weighted by atomic mass is 32.2. The molecule has 4 aromatic heterocycles. The summed E-state index contributed by atoms with van der Waals surface area (Å²) in [7, 11) is -2.46. The first kappa shape index (κ1) is 23.7. The van der Waals surface area contributed by atoms with Gasteiger partial charge in [0.1, 0.15) is 21.2 Å². The number of rotatable bonds is 6. The zero-order valence-electron chi connectivity index (χ0n) is 18.9. The van der Waals surface area contributed by atoms with E-state index in [1.165, 1.54) is 10.6 Å². The number of fused-ring (bicyclic) bond motifs is 1. The van der Waals surface area contributed by atoms with Crippen molar-refractivity contribution >= 4 is 38.2 Å². The molecular weight excluding hydrogens is 478 g/mol. The number of aromatic nitrogens is 3. The Bertz CT molecular complexity index is 1580. The fourth-order valence-corrected chi connectivity index (χ4v) is 5.45. The van der Waals surface area contributed by atoms with Gasteiger partial charge in [-0.05, 0) is 38.5 Å². The minimum absolute atomic E-state index is 0.108. The molecule has 0 aliphatic heterocycles. The molecule has 0 aliphatic rings. The van der Waals surface area contributed by atoms with E-state index in [-0.39, 0.29) is 38.5 Å². The smallest absolute Gasteiger partial charge is 0.274 e. The molecule has 0 radical (unpaired) electrons. The summed E-state index contributed by atoms with van der Waals surface area (Å²) >= 11 is 0.909. The Morgan fingerprint density at radius 2 is 2.00 bits per heavy atom. The third kappa shape index (κ3) is 4.47. The molecule has 4 aromatic rings. The second-order valence-electron chi connectivity index (χ2n) is 7.82. The van der Waals surface area contributed by atoms with Crippen molar-refractivity contribution in [2.75, 3.05) is 6.54 Å². The number of sulfonamides is 1. The predicted molar refractivity (Wildman–Crippen MR) is 130 cm³/mol. The van der Waals surface area contributed by atoms with Crippen LogP contribution in [0, 0.1) is 13.8 Å². The number of carbonyl (C=O) groups excluding carboxylic acids is 1. The van der Waals surface area contributed by atoms with Gasteiger partial charge in [0.25, 0.3) is 11.5 Å². The molecule has 4 rings (SSSR count). The minimum Gasteiger partial charge on any atom is -0.437 e. The number of H-pyrrole nitrogens is 1. The van der Waals surface area contributed by atoms with Gasteiger partial charge in [-0.3, -0.25) is 9.59 Å². The largest absolute Gasteiger partial charge is 0.437 e. The fraction of sp³-hybridized carbons (Fsp3) is 0.227. The van der Waals surface area contributed by atoms with Crippen molar-refractivity contribution in [3.63, 3.8) is 0 Å². The maximum atomic E-state index is 12.8. The first-order chi connectivity index (χ1) is 16.0. The number of nitrogens with zero attached hydrogens (tertiary/aromatic N) is 2. The van der Waals surface area contributed by atoms with Gasteiger partial charge in [0.2, 0.25) is 15.9 Å². The molecular formula is C22H23N5O5S2. The van der Waals surface area contributed by atoms with Gasteiger partial charge in [-0.2, -0.15) is 0 Å². The van der Waals surface area contributed by atoms with E-state index in [1.54, 1.807) is 32.3 Å². The molecule has 0 saturated heterocycles. The second-order valence-corrected chi connectivity index (χ2v) is 10.7. The second kappa shape index (κ2) is 8.70. The van der Waals surface area contributed by atoms with Crippen LogP contribution in [-0.4, -0.2) is 35.4 Å². The molecule has 10 nitrogen and oxygen atoms in total. The first-order valence-corrected chi connectivity index (χ1v) is 12.6. The Hall–Kier alpha value is -3.48. The molecule has 1 amide bonds. The highest BCUT2D eigenvalue weighted by Crippen LogP contribution is 2.44. The summed E-state index contributed by atoms with van der Waals surface area (Å²) in [4.78, 5) is 32.8. The van der Waals surface area contributed by atoms with Gasteiger partial charge < -0.3 is 19.6 Å². The van der Waals surface area contributed by atoms with E-state index in [1.807, 2.05) is 19.9 Å². The topological polar surface area (TPSA) is 149 Å². The summed E-state index contributed by atoms with van der Waals surface area (Å²) in [5, 5.41) is 8.54. The Morgan fingerprint density at radius 3 is 2.65 bits per heavy atom. The third-order valence-electron chi connectivity index (χ3n) is 5.04. The Balaban J connectivity index is 1.97. The predicted octanol–water partition coefficient (Wildman–Crippen LogP) is 2.80. The van der Waals surface area contributed by atoms with Crippen molar-refractivity contribution in [1.29, 1.82) is 0 Å². The van der Waals surface area contributed by atoms with Crippen LogP contribution in [0.15, 0.2) is 39.5 Å². The number of hydrogen-bond donors (Lipinski definition) is 3. The normalized spacial score (nSPS) is 11.7. The van der Waals surface area contributed by atoms with Crippen molar-refractivity contribution in [2.45, 2.75) is 25.0 Å². The Labute approximate surface area is 199 Å². The van der Waals surface area contributed by atoms with E-state index in [2.05, 4.69) is 15.3 Å². The average molecular weight is 502 g/mol. The number of primary sulfonamides is 1. The standard InChI is InChI=1S/C22H23N5O5S2/c1-5-24-21(28)15-8-13-14(10-27(4)22(29)19(13)26-15)20-16(9-18(33-20)34(23,30)31)32-17-7-11(2)6-12(3)25-17/h6-10,26H,5H2,1-4H3,(H,24,28)(H2,23,30,31). The van der Waals surface area contributed by atoms with Crippen LogP contribution in [0.3, 0.4) is 0 Å². The van der Waals surface area contributed by atoms with Crippen LogP contribution in [0.5, 0.6) is 11.6 Å². The summed E-state index contributed by atoms with van der Waals surface area (Å²) < 4.78 is 31.5. The number of nitrogens with one attached hydrogen (secondary N) is 2. The number of ether oxygens (including phenoxy) is 1. The van der Waals surface area contributed by atoms with Gasteiger partial charge in [0.15, 0.2) is 0 Å². The summed E-state index contributed by atoms with van der Waals surface area (Å²) in [6.07, 6.45) is 1.57. The quantitative estimate of drug-likeness (QED) is 0.370. The summed E-state index contributed by atoms with van der Waals surface area (Å²) in [6, 6.07) is 6.51. The fourth-order valence-electron chi connectivity index (χ4n) is 3.62. The van der Waals surface area contributed by atoms with E-state index in [4.69, 9.17) is 9.88 Å². The molecule has 4 heterocycles. The number of pyridine rings is 2. The van der Waals surface area contributed by atoms with Gasteiger partial charge in [-0.15, -0.1) is 11.3 Å². The van der Waals surface area contributed by atoms with Gasteiger partial charge >= 0.3 is 0 Å². The molecule has 4 N–H and O–H groups in total. The molecule has 0 fully saturated rings. The number of aryl methyl sites for hydroxylation is 3. The van der Waals surface area contributed by atoms with Crippen molar-refractivity contribution in [3.8, 4) is 22.1 Å². The molecule has 178 valence electrons. The molecule has 12 heteroatoms. The molecule has 0 aromatic carbocycles. The van der Waals surface area contributed by atoms with Crippen LogP contribution >= 0.6 is 11.3 Å². The van der Waals surface area contributed by atoms with Crippen LogP contribution in [0.1, 0.15) is 28.7 Å². The molecule has 34 heavy (non-hydrogen) atoms. The average Bonchev–Trinajstić information content (AvgIpc) is 3.35. The number of hydrogen-bond acceptors (Lipinski definition) is 7. The van der Waals surface area contributed by atoms with Gasteiger partial charge in [0.05, 0.1) is 4.88 Å². The first-order valence-electron chi connectivity index (χ1n) is 10.3. The lowest BCUT2D eigenvalue weighted by Gasteiger charge is -2.09. The number of thiophene rings is 1. The minimum atomic E-state index is -4.03. The lowest BCUT2D eigenvalue weighted by molar-refractivity contribution is 0.0951. The lowest BCUT2D eigenvalue weighted by atomic mass is 10.1. The maximum absolute atomic E-state index is 12.8. The molecule has 0 aliphatic carbocycles. The number of nitrogens with two attached hydrogens (primary N) is 1. The van der Waals surface area contributed by atoms with E-state index in [9.17, 15) is 18.0 Å². The van der Waals surface area contributed by atoms with E-state index >= 15 is 0 Å². The molecule has 0 atom stereocenters. The summed E-state index contributed by atoms with van der Waals surface area (Å²) in [5.74, 6) is 0.141. The van der Waals surface area contributed by atoms with Crippen molar-refractivity contribution < 1.29 is 17.9 Å². The highest BCUT2D eigenvalue weighted by Gasteiger charge is 2.24. The van der Waals surface area contributed by atoms with Gasteiger partial charge in [-0.25, -0.2) is 18.5 Å². The highest BCUT2D eigenvalue weighted by molar-refractivity contribution is 7.91. The van der Waals surface area contributed by atoms with Crippen molar-refractivity contribution in [1.82, 2.24) is 19.9 Å². The summed E-state index contributed by atoms with van der Waals surface area (Å²) in [6.45, 7) is 5.92. The lowest BCUT2D eigenvalue weighted by Crippen LogP contribution is -2.23. The maximum Gasteiger partial charge on any atom is 0.274 e. The number of carbonyl (C=O) groups is 1. The zero-order chi connectivity index (χ0) is 24.8. The van der Waals surface area contributed by atoms with Gasteiger partial charge in [-0.1, -0.05) is 0 Å². The third-order valence-corrected chi connectivity index (χ3v) is 7.61. The van der Waals surface area contributed by atoms with Crippen LogP contribution in [0.2, 0.25) is 0 Å². The van der Waals surface area contributed by atoms with E-state index < -0.39 is 10.0 Å². The molecule has 0 bridgehead atoms. The number of aromatic amines is 1. The van der Waals surface area contributed by atoms with Crippen LogP contribution in [0.4, 0.5) is 0 Å². The van der Waals surface area contributed by atoms with E-state index in [0.717, 1.165) is 22.6 Å².